The summed E-state index contributed by atoms with van der Waals surface area (Å²) in [5.74, 6) is 0.0228. The van der Waals surface area contributed by atoms with Gasteiger partial charge in [-0.3, -0.25) is 14.4 Å². The van der Waals surface area contributed by atoms with Gasteiger partial charge < -0.3 is 20.3 Å². The van der Waals surface area contributed by atoms with E-state index in [1.165, 1.54) is 5.56 Å². The van der Waals surface area contributed by atoms with Gasteiger partial charge in [0.05, 0.1) is 12.5 Å². The van der Waals surface area contributed by atoms with Crippen LogP contribution in [0.25, 0.3) is 0 Å². The van der Waals surface area contributed by atoms with Gasteiger partial charge >= 0.3 is 5.97 Å². The molecule has 44 heavy (non-hydrogen) atoms. The molecule has 240 valence electrons. The first-order chi connectivity index (χ1) is 20.7. The number of anilines is 1. The van der Waals surface area contributed by atoms with Crippen molar-refractivity contribution in [1.29, 1.82) is 0 Å². The van der Waals surface area contributed by atoms with Crippen LogP contribution >= 0.6 is 0 Å². The first-order valence-electron chi connectivity index (χ1n) is 16.4. The van der Waals surface area contributed by atoms with E-state index in [0.717, 1.165) is 49.8 Å². The molecule has 1 saturated heterocycles. The van der Waals surface area contributed by atoms with Gasteiger partial charge in [-0.2, -0.15) is 0 Å². The Balaban J connectivity index is 1.55. The van der Waals surface area contributed by atoms with Gasteiger partial charge in [-0.15, -0.1) is 0 Å². The van der Waals surface area contributed by atoms with Crippen molar-refractivity contribution in [1.82, 2.24) is 10.2 Å². The molecule has 2 amide bonds. The average molecular weight is 604 g/mol. The summed E-state index contributed by atoms with van der Waals surface area (Å²) < 4.78 is 5.46. The van der Waals surface area contributed by atoms with Gasteiger partial charge in [-0.05, 0) is 113 Å². The Morgan fingerprint density at radius 3 is 2.39 bits per heavy atom. The van der Waals surface area contributed by atoms with E-state index in [1.54, 1.807) is 0 Å². The number of nitrogens with zero attached hydrogens (tertiary/aromatic N) is 1. The Kier molecular flexibility index (Phi) is 10.9. The number of benzene rings is 2. The number of hydrogen-bond acceptors (Lipinski definition) is 5. The van der Waals surface area contributed by atoms with Crippen LogP contribution in [0.15, 0.2) is 48.5 Å². The highest BCUT2D eigenvalue weighted by Gasteiger charge is 2.44. The summed E-state index contributed by atoms with van der Waals surface area (Å²) in [5.41, 5.74) is 3.10. The molecule has 1 aliphatic heterocycles. The smallest absolute Gasteiger partial charge is 0.320 e. The monoisotopic (exact) mass is 603 g/mol. The fourth-order valence-corrected chi connectivity index (χ4v) is 6.97. The molecular formula is C37H53N3O4. The summed E-state index contributed by atoms with van der Waals surface area (Å²) >= 11 is 0. The van der Waals surface area contributed by atoms with Gasteiger partial charge in [-0.25, -0.2) is 0 Å². The molecule has 4 rings (SSSR count). The highest BCUT2D eigenvalue weighted by Crippen LogP contribution is 2.40. The maximum atomic E-state index is 14.1. The predicted molar refractivity (Wildman–Crippen MR) is 177 cm³/mol. The topological polar surface area (TPSA) is 87.7 Å². The van der Waals surface area contributed by atoms with Crippen molar-refractivity contribution >= 4 is 23.5 Å². The molecule has 0 bridgehead atoms. The van der Waals surface area contributed by atoms with Gasteiger partial charge in [0.2, 0.25) is 5.91 Å². The van der Waals surface area contributed by atoms with Gasteiger partial charge in [0.1, 0.15) is 5.60 Å². The maximum absolute atomic E-state index is 14.1. The van der Waals surface area contributed by atoms with Crippen LogP contribution in [-0.2, 0) is 19.7 Å². The van der Waals surface area contributed by atoms with Crippen LogP contribution in [0, 0.1) is 24.7 Å². The molecular weight excluding hydrogens is 550 g/mol. The molecule has 2 fully saturated rings. The van der Waals surface area contributed by atoms with Crippen LogP contribution in [0.4, 0.5) is 5.69 Å². The minimum absolute atomic E-state index is 0.00600. The van der Waals surface area contributed by atoms with Crippen molar-refractivity contribution < 1.29 is 19.1 Å². The fraction of sp³-hybridized carbons (Fsp3) is 0.595. The number of amides is 2. The number of rotatable bonds is 8. The zero-order valence-electron chi connectivity index (χ0n) is 27.9. The summed E-state index contributed by atoms with van der Waals surface area (Å²) in [6.07, 6.45) is 5.54. The van der Waals surface area contributed by atoms with Crippen LogP contribution in [0.2, 0.25) is 0 Å². The molecule has 2 aliphatic rings. The number of hydrogen-bond donors (Lipinski definition) is 2. The first-order valence-corrected chi connectivity index (χ1v) is 16.4. The Labute approximate surface area is 264 Å². The second kappa shape index (κ2) is 14.3. The molecule has 1 heterocycles. The van der Waals surface area contributed by atoms with E-state index in [0.29, 0.717) is 24.6 Å². The van der Waals surface area contributed by atoms with E-state index in [1.807, 2.05) is 69.0 Å². The molecule has 7 nitrogen and oxygen atoms in total. The largest absolute Gasteiger partial charge is 0.459 e. The van der Waals surface area contributed by atoms with Crippen LogP contribution in [0.3, 0.4) is 0 Å². The summed E-state index contributed by atoms with van der Waals surface area (Å²) in [7, 11) is 0. The Morgan fingerprint density at radius 2 is 1.68 bits per heavy atom. The molecule has 2 aromatic rings. The van der Waals surface area contributed by atoms with Crippen molar-refractivity contribution in [3.63, 3.8) is 0 Å². The van der Waals surface area contributed by atoms with Crippen LogP contribution in [0.1, 0.15) is 102 Å². The number of carbonyl (C=O) groups is 3. The van der Waals surface area contributed by atoms with Gasteiger partial charge in [0.25, 0.3) is 5.91 Å². The zero-order chi connectivity index (χ0) is 32.1. The quantitative estimate of drug-likeness (QED) is 0.321. The summed E-state index contributed by atoms with van der Waals surface area (Å²) in [5, 5.41) is 6.56. The van der Waals surface area contributed by atoms with Gasteiger partial charge in [0.15, 0.2) is 0 Å². The van der Waals surface area contributed by atoms with E-state index in [9.17, 15) is 14.4 Å². The minimum atomic E-state index is -0.508. The molecule has 7 heteroatoms. The minimum Gasteiger partial charge on any atom is -0.459 e. The van der Waals surface area contributed by atoms with E-state index < -0.39 is 5.60 Å². The number of esters is 1. The predicted octanol–water partition coefficient (Wildman–Crippen LogP) is 6.89. The van der Waals surface area contributed by atoms with Crippen molar-refractivity contribution in [2.75, 3.05) is 25.0 Å². The Morgan fingerprint density at radius 1 is 0.932 bits per heavy atom. The number of ether oxygens (including phenoxy) is 1. The second-order valence-corrected chi connectivity index (χ2v) is 14.9. The second-order valence-electron chi connectivity index (χ2n) is 14.9. The molecule has 3 unspecified atom stereocenters. The van der Waals surface area contributed by atoms with Crippen LogP contribution in [0.5, 0.6) is 0 Å². The molecule has 2 N–H and O–H groups in total. The standard InChI is InChI=1S/C37H53N3O4/c1-25-13-8-9-18-30(25)35(43)40-20-12-19-31(34(42)39-29-17-11-16-28(22-29)36(2,3)4)33(40)27-15-10-14-26(21-27)23-38-24-32(41)44-37(5,6)7/h8-9,11,13,16-18,22,26-27,31,33,38H,10,12,14-15,19-21,23-24H2,1-7H3,(H,39,42)/t26-,27?,31?,33?/m1/s1. The van der Waals surface area contributed by atoms with Crippen molar-refractivity contribution in [3.8, 4) is 0 Å². The lowest BCUT2D eigenvalue weighted by Crippen LogP contribution is -2.56. The highest BCUT2D eigenvalue weighted by atomic mass is 16.6. The summed E-state index contributed by atoms with van der Waals surface area (Å²) in [6, 6.07) is 15.7. The molecule has 0 aromatic heterocycles. The highest BCUT2D eigenvalue weighted by molar-refractivity contribution is 5.97. The van der Waals surface area contributed by atoms with E-state index in [2.05, 4.69) is 43.5 Å². The van der Waals surface area contributed by atoms with E-state index >= 15 is 0 Å². The van der Waals surface area contributed by atoms with Crippen LogP contribution < -0.4 is 10.6 Å². The Bertz CT molecular complexity index is 1310. The molecule has 0 spiro atoms. The molecule has 1 saturated carbocycles. The lowest BCUT2D eigenvalue weighted by Gasteiger charge is -2.47. The fourth-order valence-electron chi connectivity index (χ4n) is 6.97. The Hall–Kier alpha value is -3.19. The lowest BCUT2D eigenvalue weighted by molar-refractivity contribution is -0.153. The van der Waals surface area contributed by atoms with Crippen LogP contribution in [-0.4, -0.2) is 54.0 Å². The van der Waals surface area contributed by atoms with Gasteiger partial charge in [-0.1, -0.05) is 57.5 Å². The van der Waals surface area contributed by atoms with Crippen molar-refractivity contribution in [2.24, 2.45) is 17.8 Å². The van der Waals surface area contributed by atoms with E-state index in [4.69, 9.17) is 4.74 Å². The molecule has 1 aliphatic carbocycles. The zero-order valence-corrected chi connectivity index (χ0v) is 27.9. The van der Waals surface area contributed by atoms with Gasteiger partial charge in [0, 0.05) is 23.8 Å². The SMILES string of the molecule is Cc1ccccc1C(=O)N1CCCC(C(=O)Nc2cccc(C(C)(C)C)c2)C1C1CCC[C@@H](CNCC(=O)OC(C)(C)C)C1. The molecule has 0 radical (unpaired) electrons. The number of likely N-dealkylation sites (tertiary alicyclic amines) is 1. The first kappa shape index (κ1) is 33.7. The lowest BCUT2D eigenvalue weighted by atomic mass is 9.71. The molecule has 4 atom stereocenters. The number of carbonyl (C=O) groups excluding carboxylic acids is 3. The average Bonchev–Trinajstić information content (AvgIpc) is 2.95. The van der Waals surface area contributed by atoms with Crippen molar-refractivity contribution in [2.45, 2.75) is 104 Å². The normalized spacial score (nSPS) is 22.8. The number of piperidine rings is 1. The third-order valence-electron chi connectivity index (χ3n) is 9.08. The summed E-state index contributed by atoms with van der Waals surface area (Å²) in [4.78, 5) is 42.5. The van der Waals surface area contributed by atoms with Crippen molar-refractivity contribution in [3.05, 3.63) is 65.2 Å². The third kappa shape index (κ3) is 8.93. The summed E-state index contributed by atoms with van der Waals surface area (Å²) in [6.45, 7) is 15.6. The number of aryl methyl sites for hydroxylation is 1. The number of nitrogens with one attached hydrogen (secondary N) is 2. The van der Waals surface area contributed by atoms with E-state index in [-0.39, 0.29) is 47.6 Å². The molecule has 2 aromatic carbocycles. The third-order valence-corrected chi connectivity index (χ3v) is 9.08. The maximum Gasteiger partial charge on any atom is 0.320 e.